The highest BCUT2D eigenvalue weighted by molar-refractivity contribution is 5.67. The van der Waals surface area contributed by atoms with E-state index in [4.69, 9.17) is 15.6 Å². The van der Waals surface area contributed by atoms with Crippen molar-refractivity contribution >= 4 is 12.2 Å². The summed E-state index contributed by atoms with van der Waals surface area (Å²) < 4.78 is 5.09. The first-order chi connectivity index (χ1) is 9.26. The van der Waals surface area contributed by atoms with E-state index in [0.29, 0.717) is 45.4 Å². The number of amides is 2. The first-order valence-corrected chi connectivity index (χ1v) is 6.91. The Morgan fingerprint density at radius 3 is 2.30 bits per heavy atom. The molecule has 0 fully saturated rings. The summed E-state index contributed by atoms with van der Waals surface area (Å²) in [7, 11) is 0. The van der Waals surface area contributed by atoms with Gasteiger partial charge in [0.2, 0.25) is 0 Å². The summed E-state index contributed by atoms with van der Waals surface area (Å²) in [5, 5.41) is 11.6. The van der Waals surface area contributed by atoms with E-state index in [0.717, 1.165) is 0 Å². The monoisotopic (exact) mass is 289 g/mol. The van der Waals surface area contributed by atoms with Crippen molar-refractivity contribution < 1.29 is 19.4 Å². The molecule has 0 saturated carbocycles. The van der Waals surface area contributed by atoms with Crippen molar-refractivity contribution in [2.24, 2.45) is 5.73 Å². The van der Waals surface area contributed by atoms with Gasteiger partial charge in [-0.1, -0.05) is 0 Å². The normalized spacial score (nSPS) is 11.0. The Labute approximate surface area is 120 Å². The third-order valence-electron chi connectivity index (χ3n) is 2.43. The molecule has 0 aromatic heterocycles. The zero-order valence-corrected chi connectivity index (χ0v) is 12.6. The van der Waals surface area contributed by atoms with Crippen molar-refractivity contribution in [2.75, 3.05) is 26.2 Å². The van der Waals surface area contributed by atoms with Crippen LogP contribution in [0.3, 0.4) is 0 Å². The van der Waals surface area contributed by atoms with E-state index < -0.39 is 17.8 Å². The summed E-state index contributed by atoms with van der Waals surface area (Å²) in [4.78, 5) is 23.6. The lowest BCUT2D eigenvalue weighted by atomic mass is 10.2. The van der Waals surface area contributed by atoms with Crippen molar-refractivity contribution in [1.82, 2.24) is 10.2 Å². The SMILES string of the molecule is CC(C)(C)OC(=O)NCCCCN(CCCN)C(=O)O. The molecule has 0 unspecified atom stereocenters. The van der Waals surface area contributed by atoms with Crippen molar-refractivity contribution in [2.45, 2.75) is 45.6 Å². The second-order valence-corrected chi connectivity index (χ2v) is 5.55. The Balaban J connectivity index is 3.73. The van der Waals surface area contributed by atoms with Crippen LogP contribution < -0.4 is 11.1 Å². The molecule has 2 amide bonds. The van der Waals surface area contributed by atoms with Gasteiger partial charge in [-0.25, -0.2) is 9.59 Å². The van der Waals surface area contributed by atoms with E-state index >= 15 is 0 Å². The molecule has 4 N–H and O–H groups in total. The predicted molar refractivity (Wildman–Crippen MR) is 76.7 cm³/mol. The lowest BCUT2D eigenvalue weighted by molar-refractivity contribution is 0.0526. The molecule has 118 valence electrons. The maximum atomic E-state index is 11.4. The third kappa shape index (κ3) is 10.4. The fraction of sp³-hybridized carbons (Fsp3) is 0.846. The fourth-order valence-corrected chi connectivity index (χ4v) is 1.52. The van der Waals surface area contributed by atoms with E-state index in [9.17, 15) is 9.59 Å². The van der Waals surface area contributed by atoms with E-state index in [1.54, 1.807) is 20.8 Å². The molecule has 0 aliphatic carbocycles. The number of nitrogens with one attached hydrogen (secondary N) is 1. The second kappa shape index (κ2) is 9.41. The smallest absolute Gasteiger partial charge is 0.407 e. The lowest BCUT2D eigenvalue weighted by Gasteiger charge is -2.20. The standard InChI is InChI=1S/C13H27N3O4/c1-13(2,3)20-11(17)15-8-4-5-9-16(12(18)19)10-6-7-14/h4-10,14H2,1-3H3,(H,15,17)(H,18,19). The van der Waals surface area contributed by atoms with Gasteiger partial charge in [-0.05, 0) is 46.6 Å². The van der Waals surface area contributed by atoms with Crippen LogP contribution in [0.1, 0.15) is 40.0 Å². The Hall–Kier alpha value is -1.50. The molecule has 0 heterocycles. The topological polar surface area (TPSA) is 105 Å². The molecule has 20 heavy (non-hydrogen) atoms. The highest BCUT2D eigenvalue weighted by Gasteiger charge is 2.15. The van der Waals surface area contributed by atoms with Crippen LogP contribution in [0.2, 0.25) is 0 Å². The van der Waals surface area contributed by atoms with Crippen LogP contribution >= 0.6 is 0 Å². The van der Waals surface area contributed by atoms with Crippen LogP contribution in [0.15, 0.2) is 0 Å². The molecule has 0 rings (SSSR count). The fourth-order valence-electron chi connectivity index (χ4n) is 1.52. The van der Waals surface area contributed by atoms with Crippen LogP contribution in [0.4, 0.5) is 9.59 Å². The van der Waals surface area contributed by atoms with Crippen LogP contribution in [-0.2, 0) is 4.74 Å². The maximum absolute atomic E-state index is 11.4. The summed E-state index contributed by atoms with van der Waals surface area (Å²) in [5.74, 6) is 0. The van der Waals surface area contributed by atoms with Gasteiger partial charge in [0, 0.05) is 19.6 Å². The number of nitrogens with zero attached hydrogens (tertiary/aromatic N) is 1. The van der Waals surface area contributed by atoms with E-state index in [2.05, 4.69) is 5.32 Å². The van der Waals surface area contributed by atoms with Crippen molar-refractivity contribution in [3.8, 4) is 0 Å². The second-order valence-electron chi connectivity index (χ2n) is 5.55. The van der Waals surface area contributed by atoms with Crippen molar-refractivity contribution in [3.63, 3.8) is 0 Å². The Bertz CT molecular complexity index is 302. The molecule has 0 aromatic carbocycles. The number of hydrogen-bond acceptors (Lipinski definition) is 4. The van der Waals surface area contributed by atoms with Crippen molar-refractivity contribution in [1.29, 1.82) is 0 Å². The van der Waals surface area contributed by atoms with Gasteiger partial charge in [0.1, 0.15) is 5.60 Å². The molecule has 0 bridgehead atoms. The van der Waals surface area contributed by atoms with Gasteiger partial charge in [-0.3, -0.25) is 0 Å². The van der Waals surface area contributed by atoms with Gasteiger partial charge in [-0.15, -0.1) is 0 Å². The van der Waals surface area contributed by atoms with E-state index in [1.165, 1.54) is 4.90 Å². The van der Waals surface area contributed by atoms with Gasteiger partial charge in [0.05, 0.1) is 0 Å². The Morgan fingerprint density at radius 1 is 1.20 bits per heavy atom. The Morgan fingerprint density at radius 2 is 1.80 bits per heavy atom. The summed E-state index contributed by atoms with van der Waals surface area (Å²) in [6.07, 6.45) is 0.662. The predicted octanol–water partition coefficient (Wildman–Crippen LogP) is 1.62. The third-order valence-corrected chi connectivity index (χ3v) is 2.43. The molecule has 0 saturated heterocycles. The van der Waals surface area contributed by atoms with Crippen LogP contribution in [0.5, 0.6) is 0 Å². The minimum atomic E-state index is -0.932. The molecule has 7 heteroatoms. The number of carbonyl (C=O) groups is 2. The number of alkyl carbamates (subject to hydrolysis) is 1. The molecule has 0 atom stereocenters. The maximum Gasteiger partial charge on any atom is 0.407 e. The van der Waals surface area contributed by atoms with Crippen LogP contribution in [-0.4, -0.2) is 54.0 Å². The highest BCUT2D eigenvalue weighted by atomic mass is 16.6. The summed E-state index contributed by atoms with van der Waals surface area (Å²) in [6.45, 7) is 7.25. The molecule has 0 aliphatic rings. The number of ether oxygens (including phenoxy) is 1. The summed E-state index contributed by atoms with van der Waals surface area (Å²) in [5.41, 5.74) is 4.85. The minimum absolute atomic E-state index is 0.448. The van der Waals surface area contributed by atoms with Gasteiger partial charge < -0.3 is 25.8 Å². The number of carboxylic acid groups (broad SMARTS) is 1. The Kier molecular flexibility index (Phi) is 8.71. The number of rotatable bonds is 8. The molecule has 0 aromatic rings. The average Bonchev–Trinajstić information content (AvgIpc) is 2.29. The van der Waals surface area contributed by atoms with Crippen LogP contribution in [0.25, 0.3) is 0 Å². The molecule has 0 aliphatic heterocycles. The van der Waals surface area contributed by atoms with Gasteiger partial charge >= 0.3 is 12.2 Å². The van der Waals surface area contributed by atoms with Crippen molar-refractivity contribution in [3.05, 3.63) is 0 Å². The average molecular weight is 289 g/mol. The molecular weight excluding hydrogens is 262 g/mol. The minimum Gasteiger partial charge on any atom is -0.465 e. The van der Waals surface area contributed by atoms with E-state index in [1.807, 2.05) is 0 Å². The molecular formula is C13H27N3O4. The summed E-state index contributed by atoms with van der Waals surface area (Å²) >= 11 is 0. The van der Waals surface area contributed by atoms with Gasteiger partial charge in [0.25, 0.3) is 0 Å². The van der Waals surface area contributed by atoms with Gasteiger partial charge in [-0.2, -0.15) is 0 Å². The molecule has 0 radical (unpaired) electrons. The summed E-state index contributed by atoms with van der Waals surface area (Å²) in [6, 6.07) is 0. The highest BCUT2D eigenvalue weighted by Crippen LogP contribution is 2.06. The lowest BCUT2D eigenvalue weighted by Crippen LogP contribution is -2.34. The number of unbranched alkanes of at least 4 members (excludes halogenated alkanes) is 1. The first kappa shape index (κ1) is 18.5. The quantitative estimate of drug-likeness (QED) is 0.589. The first-order valence-electron chi connectivity index (χ1n) is 6.91. The molecule has 7 nitrogen and oxygen atoms in total. The van der Waals surface area contributed by atoms with E-state index in [-0.39, 0.29) is 0 Å². The van der Waals surface area contributed by atoms with Crippen LogP contribution in [0, 0.1) is 0 Å². The zero-order valence-electron chi connectivity index (χ0n) is 12.6. The number of hydrogen-bond donors (Lipinski definition) is 3. The molecule has 0 spiro atoms. The number of nitrogens with two attached hydrogens (primary N) is 1. The largest absolute Gasteiger partial charge is 0.465 e. The number of carbonyl (C=O) groups excluding carboxylic acids is 1. The zero-order chi connectivity index (χ0) is 15.6. The van der Waals surface area contributed by atoms with Gasteiger partial charge in [0.15, 0.2) is 0 Å².